The Morgan fingerprint density at radius 1 is 1.29 bits per heavy atom. The third-order valence-corrected chi connectivity index (χ3v) is 5.39. The topological polar surface area (TPSA) is 24.9 Å². The van der Waals surface area contributed by atoms with Gasteiger partial charge in [0.1, 0.15) is 0 Å². The van der Waals surface area contributed by atoms with Crippen molar-refractivity contribution in [2.75, 3.05) is 6.54 Å². The molecule has 1 unspecified atom stereocenters. The first-order valence-corrected chi connectivity index (χ1v) is 8.78. The number of thiophene rings is 1. The van der Waals surface area contributed by atoms with Gasteiger partial charge in [-0.05, 0) is 58.0 Å². The lowest BCUT2D eigenvalue weighted by Crippen LogP contribution is -2.22. The molecule has 0 saturated carbocycles. The number of nitrogens with zero attached hydrogens (tertiary/aromatic N) is 1. The summed E-state index contributed by atoms with van der Waals surface area (Å²) in [5, 5.41) is 6.94. The molecule has 0 aliphatic rings. The summed E-state index contributed by atoms with van der Waals surface area (Å²) in [7, 11) is 0. The van der Waals surface area contributed by atoms with E-state index in [0.29, 0.717) is 0 Å². The Morgan fingerprint density at radius 2 is 2.14 bits per heavy atom. The summed E-state index contributed by atoms with van der Waals surface area (Å²) in [6.07, 6.45) is 3.10. The fourth-order valence-corrected chi connectivity index (χ4v) is 4.11. The number of halogens is 1. The number of nitrogens with one attached hydrogen (secondary N) is 1. The zero-order valence-electron chi connectivity index (χ0n) is 11.8. The molecule has 1 N–H and O–H groups in total. The van der Waals surface area contributed by atoms with Crippen LogP contribution in [0.4, 0.5) is 0 Å². The van der Waals surface area contributed by atoms with Crippen LogP contribution in [0.3, 0.4) is 0 Å². The van der Waals surface area contributed by atoms with E-state index in [2.05, 4.69) is 68.9 Å². The lowest BCUT2D eigenvalue weighted by Gasteiger charge is -2.18. The van der Waals surface area contributed by atoms with Crippen LogP contribution < -0.4 is 5.32 Å². The van der Waals surface area contributed by atoms with E-state index in [1.54, 1.807) is 11.3 Å². The van der Waals surface area contributed by atoms with Crippen molar-refractivity contribution in [2.24, 2.45) is 0 Å². The van der Waals surface area contributed by atoms with Crippen molar-refractivity contribution in [3.8, 4) is 0 Å². The number of para-hydroxylation sites is 1. The van der Waals surface area contributed by atoms with E-state index in [-0.39, 0.29) is 6.04 Å². The summed E-state index contributed by atoms with van der Waals surface area (Å²) >= 11 is 5.43. The SMILES string of the molecule is CCCNC(c1cnc2ccccc2c1)c1sccc1Br. The van der Waals surface area contributed by atoms with Gasteiger partial charge in [-0.3, -0.25) is 4.98 Å². The first kappa shape index (κ1) is 14.7. The highest BCUT2D eigenvalue weighted by atomic mass is 79.9. The Bertz CT molecular complexity index is 738. The normalized spacial score (nSPS) is 12.7. The van der Waals surface area contributed by atoms with Crippen molar-refractivity contribution >= 4 is 38.2 Å². The van der Waals surface area contributed by atoms with E-state index < -0.39 is 0 Å². The van der Waals surface area contributed by atoms with Gasteiger partial charge < -0.3 is 5.32 Å². The first-order valence-electron chi connectivity index (χ1n) is 7.10. The van der Waals surface area contributed by atoms with Crippen LogP contribution in [0.25, 0.3) is 10.9 Å². The van der Waals surface area contributed by atoms with Gasteiger partial charge in [-0.25, -0.2) is 0 Å². The number of hydrogen-bond acceptors (Lipinski definition) is 3. The van der Waals surface area contributed by atoms with Gasteiger partial charge in [0.25, 0.3) is 0 Å². The molecule has 1 atom stereocenters. The van der Waals surface area contributed by atoms with Gasteiger partial charge in [-0.1, -0.05) is 25.1 Å². The molecular formula is C17H17BrN2S. The molecule has 2 heterocycles. The lowest BCUT2D eigenvalue weighted by atomic mass is 10.0. The van der Waals surface area contributed by atoms with Crippen LogP contribution >= 0.6 is 27.3 Å². The van der Waals surface area contributed by atoms with Gasteiger partial charge in [0, 0.05) is 20.9 Å². The highest BCUT2D eigenvalue weighted by Crippen LogP contribution is 2.33. The molecule has 1 aromatic carbocycles. The van der Waals surface area contributed by atoms with E-state index in [1.165, 1.54) is 15.8 Å². The summed E-state index contributed by atoms with van der Waals surface area (Å²) in [6.45, 7) is 3.17. The lowest BCUT2D eigenvalue weighted by molar-refractivity contribution is 0.603. The van der Waals surface area contributed by atoms with Crippen molar-refractivity contribution in [2.45, 2.75) is 19.4 Å². The molecule has 0 amide bonds. The van der Waals surface area contributed by atoms with E-state index in [4.69, 9.17) is 0 Å². The van der Waals surface area contributed by atoms with Crippen molar-refractivity contribution in [3.05, 3.63) is 62.9 Å². The van der Waals surface area contributed by atoms with Gasteiger partial charge in [0.2, 0.25) is 0 Å². The number of fused-ring (bicyclic) bond motifs is 1. The van der Waals surface area contributed by atoms with Gasteiger partial charge in [0.05, 0.1) is 11.6 Å². The Hall–Kier alpha value is -1.23. The summed E-state index contributed by atoms with van der Waals surface area (Å²) in [4.78, 5) is 5.91. The number of aromatic nitrogens is 1. The molecule has 2 nitrogen and oxygen atoms in total. The minimum atomic E-state index is 0.191. The van der Waals surface area contributed by atoms with Crippen LogP contribution in [0, 0.1) is 0 Å². The van der Waals surface area contributed by atoms with Gasteiger partial charge in [-0.2, -0.15) is 0 Å². The quantitative estimate of drug-likeness (QED) is 0.680. The van der Waals surface area contributed by atoms with E-state index in [9.17, 15) is 0 Å². The van der Waals surface area contributed by atoms with Gasteiger partial charge in [0.15, 0.2) is 0 Å². The van der Waals surface area contributed by atoms with Gasteiger partial charge >= 0.3 is 0 Å². The second-order valence-corrected chi connectivity index (χ2v) is 6.78. The predicted molar refractivity (Wildman–Crippen MR) is 93.9 cm³/mol. The largest absolute Gasteiger partial charge is 0.306 e. The fourth-order valence-electron chi connectivity index (χ4n) is 2.41. The molecule has 0 aliphatic carbocycles. The number of rotatable bonds is 5. The van der Waals surface area contributed by atoms with Crippen molar-refractivity contribution in [1.29, 1.82) is 0 Å². The Morgan fingerprint density at radius 3 is 2.90 bits per heavy atom. The summed E-state index contributed by atoms with van der Waals surface area (Å²) in [5.74, 6) is 0. The molecule has 21 heavy (non-hydrogen) atoms. The summed E-state index contributed by atoms with van der Waals surface area (Å²) < 4.78 is 1.16. The minimum absolute atomic E-state index is 0.191. The third kappa shape index (κ3) is 3.18. The van der Waals surface area contributed by atoms with Crippen molar-refractivity contribution < 1.29 is 0 Å². The molecule has 4 heteroatoms. The molecule has 3 aromatic rings. The molecule has 0 saturated heterocycles. The second kappa shape index (κ2) is 6.69. The number of pyridine rings is 1. The maximum absolute atomic E-state index is 4.60. The Kier molecular flexibility index (Phi) is 4.68. The standard InChI is InChI=1S/C17H17BrN2S/c1-2-8-19-16(17-14(18)7-9-21-17)13-10-12-5-3-4-6-15(12)20-11-13/h3-7,9-11,16,19H,2,8H2,1H3. The summed E-state index contributed by atoms with van der Waals surface area (Å²) in [5.41, 5.74) is 2.26. The predicted octanol–water partition coefficient (Wildman–Crippen LogP) is 5.15. The van der Waals surface area contributed by atoms with E-state index in [0.717, 1.165) is 23.0 Å². The maximum Gasteiger partial charge on any atom is 0.0702 e. The number of benzene rings is 1. The number of hydrogen-bond donors (Lipinski definition) is 1. The van der Waals surface area contributed by atoms with Crippen molar-refractivity contribution in [3.63, 3.8) is 0 Å². The summed E-state index contributed by atoms with van der Waals surface area (Å²) in [6, 6.07) is 12.8. The monoisotopic (exact) mass is 360 g/mol. The van der Waals surface area contributed by atoms with Crippen molar-refractivity contribution in [1.82, 2.24) is 10.3 Å². The van der Waals surface area contributed by atoms with E-state index >= 15 is 0 Å². The van der Waals surface area contributed by atoms with E-state index in [1.807, 2.05) is 12.3 Å². The third-order valence-electron chi connectivity index (χ3n) is 3.45. The fraction of sp³-hybridized carbons (Fsp3) is 0.235. The minimum Gasteiger partial charge on any atom is -0.306 e. The van der Waals surface area contributed by atoms with Crippen LogP contribution in [0.2, 0.25) is 0 Å². The van der Waals surface area contributed by atoms with Crippen LogP contribution in [0.15, 0.2) is 52.4 Å². The molecule has 108 valence electrons. The highest BCUT2D eigenvalue weighted by molar-refractivity contribution is 9.10. The smallest absolute Gasteiger partial charge is 0.0702 e. The molecule has 0 spiro atoms. The van der Waals surface area contributed by atoms with Crippen LogP contribution in [-0.2, 0) is 0 Å². The Labute approximate surface area is 137 Å². The zero-order valence-corrected chi connectivity index (χ0v) is 14.2. The molecule has 0 bridgehead atoms. The first-order chi connectivity index (χ1) is 10.3. The maximum atomic E-state index is 4.60. The Balaban J connectivity index is 2.03. The molecule has 0 fully saturated rings. The molecule has 0 radical (unpaired) electrons. The molecular weight excluding hydrogens is 344 g/mol. The van der Waals surface area contributed by atoms with Crippen LogP contribution in [0.1, 0.15) is 29.8 Å². The zero-order chi connectivity index (χ0) is 14.7. The average Bonchev–Trinajstić information content (AvgIpc) is 2.94. The average molecular weight is 361 g/mol. The second-order valence-electron chi connectivity index (χ2n) is 4.98. The van der Waals surface area contributed by atoms with Crippen LogP contribution in [0.5, 0.6) is 0 Å². The van der Waals surface area contributed by atoms with Gasteiger partial charge in [-0.15, -0.1) is 11.3 Å². The van der Waals surface area contributed by atoms with Crippen LogP contribution in [-0.4, -0.2) is 11.5 Å². The molecule has 2 aromatic heterocycles. The highest BCUT2D eigenvalue weighted by Gasteiger charge is 2.18. The molecule has 0 aliphatic heterocycles. The molecule has 3 rings (SSSR count).